The molecule has 0 aromatic rings. The fraction of sp³-hybridized carbons (Fsp3) is 0.667. The number of hydrogen-bond acceptors (Lipinski definition) is 1. The molecule has 1 nitrogen and oxygen atoms in total. The standard InChI is InChI=1S/C12H18O/c1-7-9(3)10-12(8-2,13-10)11(4,5)6/h2,10H,3,7H2,1,4-6H3. The van der Waals surface area contributed by atoms with Crippen LogP contribution in [0.4, 0.5) is 0 Å². The Bertz CT molecular complexity index is 264. The van der Waals surface area contributed by atoms with E-state index in [0.29, 0.717) is 0 Å². The Morgan fingerprint density at radius 1 is 1.62 bits per heavy atom. The number of terminal acetylenes is 1. The lowest BCUT2D eigenvalue weighted by Crippen LogP contribution is -2.31. The number of ether oxygens (including phenoxy) is 1. The van der Waals surface area contributed by atoms with Gasteiger partial charge in [-0.3, -0.25) is 0 Å². The van der Waals surface area contributed by atoms with E-state index in [1.807, 2.05) is 0 Å². The van der Waals surface area contributed by atoms with Crippen molar-refractivity contribution < 1.29 is 4.74 Å². The van der Waals surface area contributed by atoms with Crippen LogP contribution in [0.1, 0.15) is 34.1 Å². The van der Waals surface area contributed by atoms with Crippen molar-refractivity contribution in [2.45, 2.75) is 45.8 Å². The Hall–Kier alpha value is -0.740. The van der Waals surface area contributed by atoms with Gasteiger partial charge in [0.05, 0.1) is 0 Å². The van der Waals surface area contributed by atoms with E-state index in [1.165, 1.54) is 0 Å². The van der Waals surface area contributed by atoms with Crippen LogP contribution >= 0.6 is 0 Å². The van der Waals surface area contributed by atoms with Gasteiger partial charge in [-0.15, -0.1) is 6.42 Å². The lowest BCUT2D eigenvalue weighted by molar-refractivity contribution is 0.208. The van der Waals surface area contributed by atoms with Crippen LogP contribution in [0, 0.1) is 17.8 Å². The molecule has 0 amide bonds. The maximum Gasteiger partial charge on any atom is 0.163 e. The van der Waals surface area contributed by atoms with Crippen molar-refractivity contribution >= 4 is 0 Å². The van der Waals surface area contributed by atoms with E-state index in [-0.39, 0.29) is 11.5 Å². The maximum atomic E-state index is 5.64. The molecule has 1 heterocycles. The molecule has 0 spiro atoms. The molecule has 0 aliphatic carbocycles. The first-order valence-corrected chi connectivity index (χ1v) is 4.72. The fourth-order valence-corrected chi connectivity index (χ4v) is 1.60. The first-order valence-electron chi connectivity index (χ1n) is 4.72. The Morgan fingerprint density at radius 2 is 2.15 bits per heavy atom. The second-order valence-electron chi connectivity index (χ2n) is 4.64. The van der Waals surface area contributed by atoms with Crippen molar-refractivity contribution in [3.63, 3.8) is 0 Å². The minimum atomic E-state index is -0.403. The summed E-state index contributed by atoms with van der Waals surface area (Å²) in [6.07, 6.45) is 6.53. The zero-order chi connectivity index (χ0) is 10.3. The highest BCUT2D eigenvalue weighted by molar-refractivity contribution is 5.35. The molecule has 2 unspecified atom stereocenters. The van der Waals surface area contributed by atoms with Gasteiger partial charge in [0.15, 0.2) is 5.60 Å². The molecule has 0 aromatic carbocycles. The molecule has 0 bridgehead atoms. The summed E-state index contributed by atoms with van der Waals surface area (Å²) < 4.78 is 5.64. The van der Waals surface area contributed by atoms with E-state index in [0.717, 1.165) is 12.0 Å². The molecule has 72 valence electrons. The summed E-state index contributed by atoms with van der Waals surface area (Å²) >= 11 is 0. The molecule has 0 N–H and O–H groups in total. The van der Waals surface area contributed by atoms with Crippen LogP contribution < -0.4 is 0 Å². The van der Waals surface area contributed by atoms with Crippen molar-refractivity contribution in [2.75, 3.05) is 0 Å². The highest BCUT2D eigenvalue weighted by atomic mass is 16.6. The van der Waals surface area contributed by atoms with Gasteiger partial charge in [0, 0.05) is 5.41 Å². The van der Waals surface area contributed by atoms with Gasteiger partial charge in [0.1, 0.15) is 6.10 Å². The molecule has 13 heavy (non-hydrogen) atoms. The summed E-state index contributed by atoms with van der Waals surface area (Å²) in [5.74, 6) is 2.77. The van der Waals surface area contributed by atoms with Crippen molar-refractivity contribution in [1.82, 2.24) is 0 Å². The molecule has 1 aliphatic heterocycles. The van der Waals surface area contributed by atoms with Crippen LogP contribution in [-0.2, 0) is 4.74 Å². The van der Waals surface area contributed by atoms with Gasteiger partial charge in [-0.05, 0) is 12.0 Å². The molecule has 0 radical (unpaired) electrons. The average molecular weight is 178 g/mol. The predicted octanol–water partition coefficient (Wildman–Crippen LogP) is 2.77. The van der Waals surface area contributed by atoms with Crippen LogP contribution in [0.5, 0.6) is 0 Å². The van der Waals surface area contributed by atoms with E-state index in [4.69, 9.17) is 11.2 Å². The van der Waals surface area contributed by atoms with Gasteiger partial charge in [-0.2, -0.15) is 0 Å². The summed E-state index contributed by atoms with van der Waals surface area (Å²) in [5, 5.41) is 0. The summed E-state index contributed by atoms with van der Waals surface area (Å²) in [6, 6.07) is 0. The van der Waals surface area contributed by atoms with Gasteiger partial charge in [-0.25, -0.2) is 0 Å². The molecule has 1 rings (SSSR count). The second-order valence-corrected chi connectivity index (χ2v) is 4.64. The minimum absolute atomic E-state index is 0.00940. The lowest BCUT2D eigenvalue weighted by Gasteiger charge is -2.23. The molecule has 1 saturated heterocycles. The van der Waals surface area contributed by atoms with Crippen molar-refractivity contribution in [1.29, 1.82) is 0 Å². The quantitative estimate of drug-likeness (QED) is 0.360. The molecule has 1 heteroatoms. The zero-order valence-electron chi connectivity index (χ0n) is 8.98. The molecular formula is C12H18O. The van der Waals surface area contributed by atoms with E-state index < -0.39 is 5.60 Å². The highest BCUT2D eigenvalue weighted by Gasteiger charge is 2.63. The third kappa shape index (κ3) is 1.40. The minimum Gasteiger partial charge on any atom is -0.347 e. The van der Waals surface area contributed by atoms with E-state index >= 15 is 0 Å². The van der Waals surface area contributed by atoms with Gasteiger partial charge >= 0.3 is 0 Å². The van der Waals surface area contributed by atoms with E-state index in [1.54, 1.807) is 0 Å². The molecule has 1 aliphatic rings. The predicted molar refractivity (Wildman–Crippen MR) is 55.3 cm³/mol. The lowest BCUT2D eigenvalue weighted by atomic mass is 9.77. The van der Waals surface area contributed by atoms with Crippen molar-refractivity contribution in [3.8, 4) is 12.3 Å². The number of rotatable bonds is 2. The van der Waals surface area contributed by atoms with E-state index in [9.17, 15) is 0 Å². The smallest absolute Gasteiger partial charge is 0.163 e. The van der Waals surface area contributed by atoms with Crippen LogP contribution in [0.3, 0.4) is 0 Å². The van der Waals surface area contributed by atoms with Crippen LogP contribution in [0.25, 0.3) is 0 Å². The largest absolute Gasteiger partial charge is 0.347 e. The fourth-order valence-electron chi connectivity index (χ4n) is 1.60. The van der Waals surface area contributed by atoms with Crippen molar-refractivity contribution in [2.24, 2.45) is 5.41 Å². The summed E-state index contributed by atoms with van der Waals surface area (Å²) in [4.78, 5) is 0. The van der Waals surface area contributed by atoms with Crippen LogP contribution in [0.2, 0.25) is 0 Å². The van der Waals surface area contributed by atoms with Gasteiger partial charge in [0.25, 0.3) is 0 Å². The Morgan fingerprint density at radius 3 is 2.38 bits per heavy atom. The van der Waals surface area contributed by atoms with Crippen LogP contribution in [-0.4, -0.2) is 11.7 Å². The van der Waals surface area contributed by atoms with Gasteiger partial charge in [0.2, 0.25) is 0 Å². The monoisotopic (exact) mass is 178 g/mol. The molecular weight excluding hydrogens is 160 g/mol. The third-order valence-corrected chi connectivity index (χ3v) is 2.77. The second kappa shape index (κ2) is 2.89. The molecule has 0 saturated carbocycles. The van der Waals surface area contributed by atoms with E-state index in [2.05, 4.69) is 40.2 Å². The highest BCUT2D eigenvalue weighted by Crippen LogP contribution is 2.52. The first kappa shape index (κ1) is 10.3. The Kier molecular flexibility index (Phi) is 2.30. The maximum absolute atomic E-state index is 5.64. The van der Waals surface area contributed by atoms with Gasteiger partial charge in [-0.1, -0.05) is 40.2 Å². The first-order chi connectivity index (χ1) is 5.89. The normalized spacial score (nSPS) is 32.4. The zero-order valence-corrected chi connectivity index (χ0v) is 8.98. The summed E-state index contributed by atoms with van der Waals surface area (Å²) in [5.41, 5.74) is 0.692. The number of epoxide rings is 1. The Balaban J connectivity index is 2.83. The summed E-state index contributed by atoms with van der Waals surface area (Å²) in [7, 11) is 0. The Labute approximate surface area is 81.2 Å². The van der Waals surface area contributed by atoms with Crippen LogP contribution in [0.15, 0.2) is 12.2 Å². The number of hydrogen-bond donors (Lipinski definition) is 0. The SMILES string of the molecule is C#CC1(C(C)(C)C)OC1C(=C)CC. The molecule has 2 atom stereocenters. The topological polar surface area (TPSA) is 12.5 Å². The molecule has 0 aromatic heterocycles. The van der Waals surface area contributed by atoms with Crippen molar-refractivity contribution in [3.05, 3.63) is 12.2 Å². The summed E-state index contributed by atoms with van der Waals surface area (Å²) in [6.45, 7) is 12.4. The third-order valence-electron chi connectivity index (χ3n) is 2.77. The van der Waals surface area contributed by atoms with Gasteiger partial charge < -0.3 is 4.74 Å². The average Bonchev–Trinajstić information content (AvgIpc) is 2.77. The molecule has 1 fully saturated rings.